The number of carbonyl (C=O) groups excluding carboxylic acids is 2. The number of para-hydroxylation sites is 2. The minimum atomic E-state index is -1.33. The maximum Gasteiger partial charge on any atom is 0.163 e. The Bertz CT molecular complexity index is 1660. The van der Waals surface area contributed by atoms with E-state index in [9.17, 15) is 9.59 Å². The fourth-order valence-corrected chi connectivity index (χ4v) is 6.66. The van der Waals surface area contributed by atoms with Crippen LogP contribution in [0.25, 0.3) is 11.4 Å². The summed E-state index contributed by atoms with van der Waals surface area (Å²) < 4.78 is 0. The van der Waals surface area contributed by atoms with Crippen LogP contribution in [0, 0.1) is 0 Å². The lowest BCUT2D eigenvalue weighted by Gasteiger charge is -2.44. The first kappa shape index (κ1) is 35.1. The molecule has 1 aliphatic rings. The van der Waals surface area contributed by atoms with Crippen LogP contribution in [-0.2, 0) is 25.8 Å². The molecule has 1 aromatic heterocycles. The summed E-state index contributed by atoms with van der Waals surface area (Å²) in [6.45, 7) is 17.0. The largest absolute Gasteiger partial charge is 0.310 e. The smallest absolute Gasteiger partial charge is 0.163 e. The van der Waals surface area contributed by atoms with Crippen molar-refractivity contribution in [2.24, 2.45) is 0 Å². The lowest BCUT2D eigenvalue weighted by Crippen LogP contribution is -2.48. The number of ketones is 2. The van der Waals surface area contributed by atoms with Gasteiger partial charge in [-0.2, -0.15) is 0 Å². The molecule has 1 aliphatic heterocycles. The molecule has 0 N–H and O–H groups in total. The van der Waals surface area contributed by atoms with Crippen LogP contribution in [0.2, 0.25) is 0 Å². The topological polar surface area (TPSA) is 76.1 Å². The normalized spacial score (nSPS) is 14.0. The molecule has 252 valence electrons. The maximum absolute atomic E-state index is 14.6. The first-order chi connectivity index (χ1) is 22.8. The molecule has 6 nitrogen and oxygen atoms in total. The first-order valence-electron chi connectivity index (χ1n) is 17.8. The van der Waals surface area contributed by atoms with E-state index in [1.54, 1.807) is 0 Å². The Hall–Kier alpha value is -4.19. The van der Waals surface area contributed by atoms with Crippen molar-refractivity contribution in [2.75, 3.05) is 4.90 Å². The van der Waals surface area contributed by atoms with Crippen LogP contribution in [0.15, 0.2) is 72.8 Å². The zero-order valence-corrected chi connectivity index (χ0v) is 30.2. The second-order valence-electron chi connectivity index (χ2n) is 15.2. The SMILES string of the molecule is CCCCCC(=O)C1(C(=O)CCCCC)c2ccccc2N(c2ccc(-c3nc(C(C)(C)C)nc(C(C)(C)C)n3)cc2)c2ccccc21. The third-order valence-electron chi connectivity index (χ3n) is 9.31. The Morgan fingerprint density at radius 3 is 1.46 bits per heavy atom. The summed E-state index contributed by atoms with van der Waals surface area (Å²) in [7, 11) is 0. The third kappa shape index (κ3) is 6.72. The maximum atomic E-state index is 14.6. The highest BCUT2D eigenvalue weighted by atomic mass is 16.2. The molecule has 0 bridgehead atoms. The average molecular weight is 645 g/mol. The van der Waals surface area contributed by atoms with Crippen molar-refractivity contribution in [3.8, 4) is 11.4 Å². The van der Waals surface area contributed by atoms with Gasteiger partial charge in [-0.3, -0.25) is 9.59 Å². The molecule has 5 rings (SSSR count). The lowest BCUT2D eigenvalue weighted by molar-refractivity contribution is -0.133. The number of hydrogen-bond donors (Lipinski definition) is 0. The molecule has 0 atom stereocenters. The second-order valence-corrected chi connectivity index (χ2v) is 15.2. The van der Waals surface area contributed by atoms with E-state index in [0.29, 0.717) is 18.7 Å². The Labute approximate surface area is 287 Å². The lowest BCUT2D eigenvalue weighted by atomic mass is 9.63. The van der Waals surface area contributed by atoms with Crippen LogP contribution in [0.4, 0.5) is 17.1 Å². The average Bonchev–Trinajstić information content (AvgIpc) is 3.06. The molecule has 0 spiro atoms. The van der Waals surface area contributed by atoms with Crippen LogP contribution in [0.5, 0.6) is 0 Å². The van der Waals surface area contributed by atoms with Gasteiger partial charge in [0.05, 0.1) is 11.4 Å². The van der Waals surface area contributed by atoms with Crippen LogP contribution in [0.3, 0.4) is 0 Å². The molecule has 0 saturated carbocycles. The zero-order chi connectivity index (χ0) is 34.7. The number of rotatable bonds is 12. The van der Waals surface area contributed by atoms with E-state index in [1.165, 1.54) is 0 Å². The van der Waals surface area contributed by atoms with Gasteiger partial charge in [-0.25, -0.2) is 15.0 Å². The molecule has 0 unspecified atom stereocenters. The quantitative estimate of drug-likeness (QED) is 0.113. The number of Topliss-reactive ketones (excluding diaryl/α,β-unsaturated/α-hetero) is 2. The van der Waals surface area contributed by atoms with Crippen molar-refractivity contribution in [2.45, 2.75) is 123 Å². The van der Waals surface area contributed by atoms with Gasteiger partial charge >= 0.3 is 0 Å². The van der Waals surface area contributed by atoms with Crippen molar-refractivity contribution in [3.63, 3.8) is 0 Å². The summed E-state index contributed by atoms with van der Waals surface area (Å²) in [5.74, 6) is 2.20. The van der Waals surface area contributed by atoms with Gasteiger partial charge in [0.2, 0.25) is 0 Å². The minimum Gasteiger partial charge on any atom is -0.310 e. The summed E-state index contributed by atoms with van der Waals surface area (Å²) in [6.07, 6.45) is 6.27. The van der Waals surface area contributed by atoms with Gasteiger partial charge in [-0.05, 0) is 49.2 Å². The molecule has 0 saturated heterocycles. The highest BCUT2D eigenvalue weighted by molar-refractivity contribution is 6.19. The first-order valence-corrected chi connectivity index (χ1v) is 17.8. The number of fused-ring (bicyclic) bond motifs is 2. The number of benzene rings is 3. The Kier molecular flexibility index (Phi) is 10.3. The fourth-order valence-electron chi connectivity index (χ4n) is 6.66. The molecule has 6 heteroatoms. The monoisotopic (exact) mass is 644 g/mol. The summed E-state index contributed by atoms with van der Waals surface area (Å²) in [5, 5.41) is 0. The van der Waals surface area contributed by atoms with E-state index in [0.717, 1.165) is 83.9 Å². The van der Waals surface area contributed by atoms with Gasteiger partial charge in [0.15, 0.2) is 17.4 Å². The summed E-state index contributed by atoms with van der Waals surface area (Å²) in [6, 6.07) is 24.3. The van der Waals surface area contributed by atoms with Gasteiger partial charge in [-0.15, -0.1) is 0 Å². The van der Waals surface area contributed by atoms with Crippen LogP contribution < -0.4 is 4.90 Å². The van der Waals surface area contributed by atoms with Crippen LogP contribution >= 0.6 is 0 Å². The molecule has 0 amide bonds. The molecule has 3 aromatic carbocycles. The van der Waals surface area contributed by atoms with Crippen molar-refractivity contribution < 1.29 is 9.59 Å². The van der Waals surface area contributed by atoms with Crippen molar-refractivity contribution in [1.82, 2.24) is 15.0 Å². The highest BCUT2D eigenvalue weighted by Crippen LogP contribution is 2.54. The van der Waals surface area contributed by atoms with Crippen molar-refractivity contribution >= 4 is 28.6 Å². The zero-order valence-electron chi connectivity index (χ0n) is 30.2. The van der Waals surface area contributed by atoms with E-state index in [4.69, 9.17) is 15.0 Å². The minimum absolute atomic E-state index is 0.00601. The fraction of sp³-hybridized carbons (Fsp3) is 0.452. The van der Waals surface area contributed by atoms with E-state index < -0.39 is 5.41 Å². The van der Waals surface area contributed by atoms with Gasteiger partial charge in [0.25, 0.3) is 0 Å². The Balaban J connectivity index is 1.65. The number of aromatic nitrogens is 3. The van der Waals surface area contributed by atoms with E-state index in [2.05, 4.69) is 84.6 Å². The highest BCUT2D eigenvalue weighted by Gasteiger charge is 2.53. The predicted molar refractivity (Wildman–Crippen MR) is 196 cm³/mol. The van der Waals surface area contributed by atoms with Gasteiger partial charge in [0, 0.05) is 46.0 Å². The van der Waals surface area contributed by atoms with Crippen molar-refractivity contribution in [1.29, 1.82) is 0 Å². The summed E-state index contributed by atoms with van der Waals surface area (Å²) >= 11 is 0. The van der Waals surface area contributed by atoms with E-state index in [-0.39, 0.29) is 22.4 Å². The van der Waals surface area contributed by atoms with Gasteiger partial charge in [0.1, 0.15) is 17.1 Å². The molecule has 0 fully saturated rings. The third-order valence-corrected chi connectivity index (χ3v) is 9.31. The summed E-state index contributed by atoms with van der Waals surface area (Å²) in [4.78, 5) is 46.0. The van der Waals surface area contributed by atoms with Crippen molar-refractivity contribution in [3.05, 3.63) is 95.6 Å². The summed E-state index contributed by atoms with van der Waals surface area (Å²) in [5.41, 5.74) is 3.33. The Morgan fingerprint density at radius 1 is 0.604 bits per heavy atom. The number of anilines is 3. The number of carbonyl (C=O) groups is 2. The predicted octanol–water partition coefficient (Wildman–Crippen LogP) is 10.5. The molecular weight excluding hydrogens is 592 g/mol. The van der Waals surface area contributed by atoms with Crippen LogP contribution in [-0.4, -0.2) is 26.5 Å². The number of unbranched alkanes of at least 4 members (excludes halogenated alkanes) is 4. The molecule has 0 radical (unpaired) electrons. The molecule has 2 heterocycles. The number of hydrogen-bond acceptors (Lipinski definition) is 6. The molecule has 4 aromatic rings. The van der Waals surface area contributed by atoms with E-state index in [1.807, 2.05) is 48.5 Å². The standard InChI is InChI=1S/C42H52N4O2/c1-9-11-13-23-35(47)42(36(48)24-14-12-10-2)31-19-15-17-21-33(31)46(34-22-18-16-20-32(34)42)30-27-25-29(26-28-30)37-43-38(40(3,4)5)45-39(44-37)41(6,7)8/h15-22,25-28H,9-14,23-24H2,1-8H3. The molecule has 0 aliphatic carbocycles. The van der Waals surface area contributed by atoms with Gasteiger partial charge in [-0.1, -0.05) is 117 Å². The molecular formula is C42H52N4O2. The van der Waals surface area contributed by atoms with Gasteiger partial charge < -0.3 is 4.90 Å². The second kappa shape index (κ2) is 14.1. The van der Waals surface area contributed by atoms with Crippen LogP contribution in [0.1, 0.15) is 130 Å². The molecule has 48 heavy (non-hydrogen) atoms. The van der Waals surface area contributed by atoms with E-state index >= 15 is 0 Å². The number of nitrogens with zero attached hydrogens (tertiary/aromatic N) is 4. The Morgan fingerprint density at radius 2 is 1.04 bits per heavy atom.